The molecule has 1 aliphatic carbocycles. The highest BCUT2D eigenvalue weighted by atomic mass is 79.9. The third kappa shape index (κ3) is 4.36. The SMILES string of the molecule is O=C(NC1CCCC(C(F)(F)F)C1)c1ccc(Cl)cc1Br. The van der Waals surface area contributed by atoms with Crippen LogP contribution in [-0.4, -0.2) is 18.1 Å². The van der Waals surface area contributed by atoms with Gasteiger partial charge in [-0.2, -0.15) is 13.2 Å². The van der Waals surface area contributed by atoms with E-state index in [0.29, 0.717) is 27.9 Å². The Morgan fingerprint density at radius 1 is 1.33 bits per heavy atom. The Balaban J connectivity index is 2.02. The first-order valence-electron chi connectivity index (χ1n) is 6.60. The predicted molar refractivity (Wildman–Crippen MR) is 78.4 cm³/mol. The topological polar surface area (TPSA) is 29.1 Å². The number of alkyl halides is 3. The molecule has 0 saturated heterocycles. The fraction of sp³-hybridized carbons (Fsp3) is 0.500. The van der Waals surface area contributed by atoms with E-state index in [0.717, 1.165) is 0 Å². The monoisotopic (exact) mass is 383 g/mol. The van der Waals surface area contributed by atoms with Crippen LogP contribution >= 0.6 is 27.5 Å². The number of nitrogens with one attached hydrogen (secondary N) is 1. The van der Waals surface area contributed by atoms with Crippen molar-refractivity contribution >= 4 is 33.4 Å². The second-order valence-electron chi connectivity index (χ2n) is 5.20. The first kappa shape index (κ1) is 16.6. The second-order valence-corrected chi connectivity index (χ2v) is 6.49. The van der Waals surface area contributed by atoms with E-state index in [1.54, 1.807) is 18.2 Å². The maximum Gasteiger partial charge on any atom is 0.391 e. The lowest BCUT2D eigenvalue weighted by Crippen LogP contribution is -2.41. The van der Waals surface area contributed by atoms with Crippen LogP contribution in [0.1, 0.15) is 36.0 Å². The predicted octanol–water partition coefficient (Wildman–Crippen LogP) is 4.95. The zero-order chi connectivity index (χ0) is 15.6. The van der Waals surface area contributed by atoms with E-state index >= 15 is 0 Å². The van der Waals surface area contributed by atoms with Gasteiger partial charge >= 0.3 is 6.18 Å². The highest BCUT2D eigenvalue weighted by Gasteiger charge is 2.42. The van der Waals surface area contributed by atoms with Crippen molar-refractivity contribution in [3.63, 3.8) is 0 Å². The molecular weight excluding hydrogens is 371 g/mol. The quantitative estimate of drug-likeness (QED) is 0.768. The molecule has 0 radical (unpaired) electrons. The lowest BCUT2D eigenvalue weighted by Gasteiger charge is -2.31. The standard InChI is InChI=1S/C14H14BrClF3NO/c15-12-7-9(16)4-5-11(12)13(21)20-10-3-1-2-8(6-10)14(17,18)19/h4-5,7-8,10H,1-3,6H2,(H,20,21). The van der Waals surface area contributed by atoms with Crippen LogP contribution in [0.5, 0.6) is 0 Å². The Kier molecular flexibility index (Phi) is 5.20. The van der Waals surface area contributed by atoms with Gasteiger partial charge in [0.2, 0.25) is 0 Å². The molecule has 1 aromatic rings. The first-order valence-corrected chi connectivity index (χ1v) is 7.77. The van der Waals surface area contributed by atoms with E-state index < -0.39 is 18.1 Å². The molecule has 21 heavy (non-hydrogen) atoms. The lowest BCUT2D eigenvalue weighted by molar-refractivity contribution is -0.183. The fourth-order valence-electron chi connectivity index (χ4n) is 2.55. The molecule has 1 saturated carbocycles. The van der Waals surface area contributed by atoms with Gasteiger partial charge in [0.15, 0.2) is 0 Å². The third-order valence-corrected chi connectivity index (χ3v) is 4.54. The molecule has 2 unspecified atom stereocenters. The highest BCUT2D eigenvalue weighted by Crippen LogP contribution is 2.37. The van der Waals surface area contributed by atoms with E-state index in [-0.39, 0.29) is 18.7 Å². The summed E-state index contributed by atoms with van der Waals surface area (Å²) < 4.78 is 38.8. The van der Waals surface area contributed by atoms with Crippen molar-refractivity contribution in [1.29, 1.82) is 0 Å². The van der Waals surface area contributed by atoms with Crippen molar-refractivity contribution in [3.8, 4) is 0 Å². The van der Waals surface area contributed by atoms with Gasteiger partial charge in [0, 0.05) is 15.5 Å². The summed E-state index contributed by atoms with van der Waals surface area (Å²) in [6, 6.07) is 4.25. The van der Waals surface area contributed by atoms with Crippen molar-refractivity contribution in [2.75, 3.05) is 0 Å². The summed E-state index contributed by atoms with van der Waals surface area (Å²) >= 11 is 9.03. The van der Waals surface area contributed by atoms with Gasteiger partial charge < -0.3 is 5.32 Å². The number of hydrogen-bond donors (Lipinski definition) is 1. The Bertz CT molecular complexity index is 535. The highest BCUT2D eigenvalue weighted by molar-refractivity contribution is 9.10. The number of hydrogen-bond acceptors (Lipinski definition) is 1. The van der Waals surface area contributed by atoms with Crippen molar-refractivity contribution in [2.45, 2.75) is 37.9 Å². The molecule has 0 spiro atoms. The van der Waals surface area contributed by atoms with Crippen molar-refractivity contribution in [2.24, 2.45) is 5.92 Å². The number of benzene rings is 1. The van der Waals surface area contributed by atoms with Crippen LogP contribution in [0.25, 0.3) is 0 Å². The minimum Gasteiger partial charge on any atom is -0.349 e. The molecule has 1 N–H and O–H groups in total. The van der Waals surface area contributed by atoms with Gasteiger partial charge in [-0.05, 0) is 53.4 Å². The van der Waals surface area contributed by atoms with Gasteiger partial charge in [0.1, 0.15) is 0 Å². The zero-order valence-electron chi connectivity index (χ0n) is 11.0. The maximum absolute atomic E-state index is 12.7. The van der Waals surface area contributed by atoms with Crippen molar-refractivity contribution in [3.05, 3.63) is 33.3 Å². The van der Waals surface area contributed by atoms with Crippen molar-refractivity contribution in [1.82, 2.24) is 5.32 Å². The van der Waals surface area contributed by atoms with Crippen LogP contribution in [0, 0.1) is 5.92 Å². The van der Waals surface area contributed by atoms with E-state index in [1.165, 1.54) is 0 Å². The third-order valence-electron chi connectivity index (χ3n) is 3.65. The molecule has 0 aliphatic heterocycles. The Morgan fingerprint density at radius 3 is 2.67 bits per heavy atom. The van der Waals surface area contributed by atoms with E-state index in [1.807, 2.05) is 0 Å². The van der Waals surface area contributed by atoms with Crippen LogP contribution in [0.2, 0.25) is 5.02 Å². The maximum atomic E-state index is 12.7. The minimum absolute atomic E-state index is 0.0551. The Hall–Kier alpha value is -0.750. The number of carbonyl (C=O) groups excluding carboxylic acids is 1. The molecule has 1 aromatic carbocycles. The summed E-state index contributed by atoms with van der Waals surface area (Å²) in [6.07, 6.45) is -3.06. The molecule has 116 valence electrons. The number of halogens is 5. The molecule has 7 heteroatoms. The Morgan fingerprint density at radius 2 is 2.05 bits per heavy atom. The molecule has 2 rings (SSSR count). The number of rotatable bonds is 2. The summed E-state index contributed by atoms with van der Waals surface area (Å²) in [5, 5.41) is 3.17. The molecule has 1 fully saturated rings. The average molecular weight is 385 g/mol. The molecule has 1 amide bonds. The largest absolute Gasteiger partial charge is 0.391 e. The van der Waals surface area contributed by atoms with Crippen LogP contribution < -0.4 is 5.32 Å². The summed E-state index contributed by atoms with van der Waals surface area (Å²) in [4.78, 5) is 12.1. The van der Waals surface area contributed by atoms with Crippen molar-refractivity contribution < 1.29 is 18.0 Å². The number of carbonyl (C=O) groups is 1. The number of amides is 1. The second kappa shape index (κ2) is 6.57. The smallest absolute Gasteiger partial charge is 0.349 e. The first-order chi connectivity index (χ1) is 9.77. The average Bonchev–Trinajstić information content (AvgIpc) is 2.37. The molecule has 2 atom stereocenters. The van der Waals surface area contributed by atoms with Crippen LogP contribution in [0.4, 0.5) is 13.2 Å². The van der Waals surface area contributed by atoms with Gasteiger partial charge in [-0.1, -0.05) is 18.0 Å². The van der Waals surface area contributed by atoms with E-state index in [9.17, 15) is 18.0 Å². The lowest BCUT2D eigenvalue weighted by atomic mass is 9.85. The van der Waals surface area contributed by atoms with Gasteiger partial charge in [-0.15, -0.1) is 0 Å². The molecule has 1 aliphatic rings. The van der Waals surface area contributed by atoms with Gasteiger partial charge in [0.05, 0.1) is 11.5 Å². The van der Waals surface area contributed by atoms with Crippen LogP contribution in [0.3, 0.4) is 0 Å². The van der Waals surface area contributed by atoms with Crippen LogP contribution in [0.15, 0.2) is 22.7 Å². The van der Waals surface area contributed by atoms with E-state index in [4.69, 9.17) is 11.6 Å². The Labute approximate surface area is 134 Å². The molecule has 0 heterocycles. The van der Waals surface area contributed by atoms with Gasteiger partial charge in [-0.3, -0.25) is 4.79 Å². The molecular formula is C14H14BrClF3NO. The molecule has 2 nitrogen and oxygen atoms in total. The summed E-state index contributed by atoms with van der Waals surface area (Å²) in [5.74, 6) is -1.71. The van der Waals surface area contributed by atoms with E-state index in [2.05, 4.69) is 21.2 Å². The summed E-state index contributed by atoms with van der Waals surface area (Å²) in [5.41, 5.74) is 0.369. The summed E-state index contributed by atoms with van der Waals surface area (Å²) in [7, 11) is 0. The fourth-order valence-corrected chi connectivity index (χ4v) is 3.42. The summed E-state index contributed by atoms with van der Waals surface area (Å²) in [6.45, 7) is 0. The molecule has 0 aromatic heterocycles. The van der Waals surface area contributed by atoms with Crippen LogP contribution in [-0.2, 0) is 0 Å². The van der Waals surface area contributed by atoms with Gasteiger partial charge in [0.25, 0.3) is 5.91 Å². The zero-order valence-corrected chi connectivity index (χ0v) is 13.4. The minimum atomic E-state index is -4.19. The molecule has 0 bridgehead atoms. The van der Waals surface area contributed by atoms with Gasteiger partial charge in [-0.25, -0.2) is 0 Å². The normalized spacial score (nSPS) is 22.9.